The second-order valence-corrected chi connectivity index (χ2v) is 6.41. The standard InChI is InChI=1S/C19H20ClNO4/c1-10-7-11(2)17(12(3)8-10)21-18(23)13(4)25-19(24)15-6-5-14(20)9-16(15)22/h5-9,13,22H,1-4H3,(H,21,23)/t13-/m0/s1. The summed E-state index contributed by atoms with van der Waals surface area (Å²) in [5, 5.41) is 12.8. The van der Waals surface area contributed by atoms with Crippen LogP contribution in [0.4, 0.5) is 5.69 Å². The van der Waals surface area contributed by atoms with Gasteiger partial charge in [-0.05, 0) is 57.0 Å². The van der Waals surface area contributed by atoms with Gasteiger partial charge >= 0.3 is 5.97 Å². The van der Waals surface area contributed by atoms with E-state index in [1.807, 2.05) is 32.9 Å². The lowest BCUT2D eigenvalue weighted by Gasteiger charge is -2.17. The third kappa shape index (κ3) is 4.51. The molecule has 0 radical (unpaired) electrons. The summed E-state index contributed by atoms with van der Waals surface area (Å²) in [6, 6.07) is 7.97. The van der Waals surface area contributed by atoms with Crippen molar-refractivity contribution in [3.63, 3.8) is 0 Å². The topological polar surface area (TPSA) is 75.6 Å². The molecule has 0 aliphatic heterocycles. The van der Waals surface area contributed by atoms with Crippen LogP contribution >= 0.6 is 11.6 Å². The SMILES string of the molecule is Cc1cc(C)c(NC(=O)[C@H](C)OC(=O)c2ccc(Cl)cc2O)c(C)c1. The van der Waals surface area contributed by atoms with Gasteiger partial charge in [-0.2, -0.15) is 0 Å². The highest BCUT2D eigenvalue weighted by atomic mass is 35.5. The van der Waals surface area contributed by atoms with Crippen molar-refractivity contribution >= 4 is 29.2 Å². The first kappa shape index (κ1) is 18.8. The van der Waals surface area contributed by atoms with Crippen LogP contribution in [0.1, 0.15) is 34.0 Å². The number of ether oxygens (including phenoxy) is 1. The van der Waals surface area contributed by atoms with Gasteiger partial charge in [-0.3, -0.25) is 4.79 Å². The number of halogens is 1. The molecule has 1 atom stereocenters. The van der Waals surface area contributed by atoms with Crippen LogP contribution in [0.5, 0.6) is 5.75 Å². The molecule has 5 nitrogen and oxygen atoms in total. The molecule has 0 spiro atoms. The van der Waals surface area contributed by atoms with Crippen molar-refractivity contribution in [2.24, 2.45) is 0 Å². The van der Waals surface area contributed by atoms with Crippen LogP contribution < -0.4 is 5.32 Å². The zero-order valence-electron chi connectivity index (χ0n) is 14.5. The molecule has 0 saturated carbocycles. The van der Waals surface area contributed by atoms with E-state index in [1.165, 1.54) is 25.1 Å². The summed E-state index contributed by atoms with van der Waals surface area (Å²) in [5.74, 6) is -1.54. The van der Waals surface area contributed by atoms with Crippen molar-refractivity contribution in [1.29, 1.82) is 0 Å². The molecule has 25 heavy (non-hydrogen) atoms. The first-order valence-electron chi connectivity index (χ1n) is 7.77. The number of hydrogen-bond donors (Lipinski definition) is 2. The first-order valence-corrected chi connectivity index (χ1v) is 8.15. The van der Waals surface area contributed by atoms with Crippen molar-refractivity contribution in [2.75, 3.05) is 5.32 Å². The number of anilines is 1. The first-order chi connectivity index (χ1) is 11.7. The van der Waals surface area contributed by atoms with Crippen molar-refractivity contribution in [2.45, 2.75) is 33.8 Å². The quantitative estimate of drug-likeness (QED) is 0.802. The molecule has 0 saturated heterocycles. The van der Waals surface area contributed by atoms with Gasteiger partial charge in [-0.15, -0.1) is 0 Å². The van der Waals surface area contributed by atoms with E-state index in [2.05, 4.69) is 5.32 Å². The fourth-order valence-corrected chi connectivity index (χ4v) is 2.72. The number of rotatable bonds is 4. The van der Waals surface area contributed by atoms with Gasteiger partial charge in [0.1, 0.15) is 11.3 Å². The largest absolute Gasteiger partial charge is 0.507 e. The zero-order valence-corrected chi connectivity index (χ0v) is 15.3. The van der Waals surface area contributed by atoms with Crippen LogP contribution in [-0.2, 0) is 9.53 Å². The van der Waals surface area contributed by atoms with Crippen molar-refractivity contribution < 1.29 is 19.4 Å². The van der Waals surface area contributed by atoms with E-state index in [-0.39, 0.29) is 11.3 Å². The van der Waals surface area contributed by atoms with Gasteiger partial charge in [-0.25, -0.2) is 4.79 Å². The number of esters is 1. The molecule has 0 aliphatic carbocycles. The van der Waals surface area contributed by atoms with Gasteiger partial charge < -0.3 is 15.2 Å². The Morgan fingerprint density at radius 1 is 1.12 bits per heavy atom. The number of nitrogens with one attached hydrogen (secondary N) is 1. The van der Waals surface area contributed by atoms with Gasteiger partial charge in [0, 0.05) is 10.7 Å². The molecular formula is C19H20ClNO4. The number of aromatic hydroxyl groups is 1. The lowest BCUT2D eigenvalue weighted by Crippen LogP contribution is -2.30. The number of phenols is 1. The normalized spacial score (nSPS) is 11.7. The van der Waals surface area contributed by atoms with Crippen LogP contribution in [0.2, 0.25) is 5.02 Å². The van der Waals surface area contributed by atoms with E-state index in [0.717, 1.165) is 16.7 Å². The van der Waals surface area contributed by atoms with Crippen LogP contribution in [0, 0.1) is 20.8 Å². The predicted molar refractivity (Wildman–Crippen MR) is 97.3 cm³/mol. The molecule has 2 N–H and O–H groups in total. The minimum Gasteiger partial charge on any atom is -0.507 e. The van der Waals surface area contributed by atoms with Crippen LogP contribution in [0.3, 0.4) is 0 Å². The molecule has 2 aromatic rings. The second kappa shape index (κ2) is 7.57. The third-order valence-corrected chi connectivity index (χ3v) is 3.99. The lowest BCUT2D eigenvalue weighted by atomic mass is 10.0. The van der Waals surface area contributed by atoms with Gasteiger partial charge in [-0.1, -0.05) is 29.3 Å². The number of benzene rings is 2. The Balaban J connectivity index is 2.09. The number of amides is 1. The van der Waals surface area contributed by atoms with E-state index in [9.17, 15) is 14.7 Å². The summed E-state index contributed by atoms with van der Waals surface area (Å²) in [5.41, 5.74) is 3.62. The average molecular weight is 362 g/mol. The molecule has 0 aliphatic rings. The lowest BCUT2D eigenvalue weighted by molar-refractivity contribution is -0.123. The van der Waals surface area contributed by atoms with Crippen LogP contribution in [0.15, 0.2) is 30.3 Å². The minimum absolute atomic E-state index is 0.0493. The van der Waals surface area contributed by atoms with E-state index in [1.54, 1.807) is 0 Å². The van der Waals surface area contributed by atoms with Gasteiger partial charge in [0.2, 0.25) is 0 Å². The Hall–Kier alpha value is -2.53. The molecule has 0 bridgehead atoms. The number of phenolic OH excluding ortho intramolecular Hbond substituents is 1. The maximum absolute atomic E-state index is 12.3. The Morgan fingerprint density at radius 3 is 2.28 bits per heavy atom. The Bertz CT molecular complexity index is 809. The number of carbonyl (C=O) groups excluding carboxylic acids is 2. The third-order valence-electron chi connectivity index (χ3n) is 3.76. The second-order valence-electron chi connectivity index (χ2n) is 5.97. The fourth-order valence-electron chi connectivity index (χ4n) is 2.56. The molecule has 2 aromatic carbocycles. The summed E-state index contributed by atoms with van der Waals surface area (Å²) in [4.78, 5) is 24.5. The minimum atomic E-state index is -1.03. The van der Waals surface area contributed by atoms with E-state index in [0.29, 0.717) is 10.7 Å². The number of aryl methyl sites for hydroxylation is 3. The molecular weight excluding hydrogens is 342 g/mol. The molecule has 0 fully saturated rings. The number of carbonyl (C=O) groups is 2. The monoisotopic (exact) mass is 361 g/mol. The molecule has 6 heteroatoms. The van der Waals surface area contributed by atoms with Crippen LogP contribution in [0.25, 0.3) is 0 Å². The molecule has 132 valence electrons. The summed E-state index contributed by atoms with van der Waals surface area (Å²) < 4.78 is 5.14. The molecule has 1 amide bonds. The van der Waals surface area contributed by atoms with Crippen molar-refractivity contribution in [1.82, 2.24) is 0 Å². The highest BCUT2D eigenvalue weighted by Crippen LogP contribution is 2.24. The smallest absolute Gasteiger partial charge is 0.342 e. The van der Waals surface area contributed by atoms with E-state index < -0.39 is 18.0 Å². The van der Waals surface area contributed by atoms with Gasteiger partial charge in [0.05, 0.1) is 0 Å². The summed E-state index contributed by atoms with van der Waals surface area (Å²) in [7, 11) is 0. The van der Waals surface area contributed by atoms with Gasteiger partial charge in [0.15, 0.2) is 6.10 Å². The Kier molecular flexibility index (Phi) is 5.69. The van der Waals surface area contributed by atoms with Gasteiger partial charge in [0.25, 0.3) is 5.91 Å². The average Bonchev–Trinajstić information content (AvgIpc) is 2.50. The maximum atomic E-state index is 12.3. The summed E-state index contributed by atoms with van der Waals surface area (Å²) >= 11 is 5.73. The molecule has 0 heterocycles. The number of hydrogen-bond acceptors (Lipinski definition) is 4. The molecule has 0 unspecified atom stereocenters. The van der Waals surface area contributed by atoms with Crippen molar-refractivity contribution in [3.8, 4) is 5.75 Å². The molecule has 0 aromatic heterocycles. The Labute approximate surface area is 151 Å². The van der Waals surface area contributed by atoms with E-state index >= 15 is 0 Å². The highest BCUT2D eigenvalue weighted by molar-refractivity contribution is 6.30. The summed E-state index contributed by atoms with van der Waals surface area (Å²) in [6.45, 7) is 7.25. The predicted octanol–water partition coefficient (Wildman–Crippen LogP) is 4.15. The highest BCUT2D eigenvalue weighted by Gasteiger charge is 2.22. The fraction of sp³-hybridized carbons (Fsp3) is 0.263. The Morgan fingerprint density at radius 2 is 1.72 bits per heavy atom. The van der Waals surface area contributed by atoms with Crippen LogP contribution in [-0.4, -0.2) is 23.1 Å². The van der Waals surface area contributed by atoms with Crippen molar-refractivity contribution in [3.05, 3.63) is 57.6 Å². The van der Waals surface area contributed by atoms with E-state index in [4.69, 9.17) is 16.3 Å². The maximum Gasteiger partial charge on any atom is 0.342 e. The molecule has 2 rings (SSSR count). The summed E-state index contributed by atoms with van der Waals surface area (Å²) in [6.07, 6.45) is -1.03. The zero-order chi connectivity index (χ0) is 18.7.